The van der Waals surface area contributed by atoms with Crippen molar-refractivity contribution < 1.29 is 9.53 Å². The number of anilines is 1. The minimum atomic E-state index is -0.251. The fourth-order valence-corrected chi connectivity index (χ4v) is 2.06. The molecule has 0 saturated heterocycles. The molecule has 0 aliphatic carbocycles. The average molecular weight is 275 g/mol. The first-order valence-electron chi connectivity index (χ1n) is 6.69. The van der Waals surface area contributed by atoms with E-state index >= 15 is 0 Å². The van der Waals surface area contributed by atoms with Crippen molar-refractivity contribution in [2.75, 3.05) is 11.9 Å². The number of nitrogens with zero attached hydrogens (tertiary/aromatic N) is 4. The molecule has 0 aromatic carbocycles. The first kappa shape index (κ1) is 12.7. The largest absolute Gasteiger partial charge is 0.478 e. The molecule has 7 heteroatoms. The van der Waals surface area contributed by atoms with Gasteiger partial charge in [-0.3, -0.25) is 9.48 Å². The van der Waals surface area contributed by atoms with E-state index in [1.165, 1.54) is 0 Å². The molecule has 1 aliphatic rings. The number of ether oxygens (including phenoxy) is 1. The van der Waals surface area contributed by atoms with Gasteiger partial charge in [-0.1, -0.05) is 0 Å². The van der Waals surface area contributed by atoms with Gasteiger partial charge in [-0.25, -0.2) is 4.68 Å². The molecule has 2 aromatic heterocycles. The number of aromatic nitrogens is 4. The smallest absolute Gasteiger partial charge is 0.276 e. The van der Waals surface area contributed by atoms with E-state index in [0.717, 1.165) is 13.0 Å². The van der Waals surface area contributed by atoms with Gasteiger partial charge >= 0.3 is 0 Å². The van der Waals surface area contributed by atoms with Crippen LogP contribution in [0.1, 0.15) is 36.8 Å². The van der Waals surface area contributed by atoms with Crippen molar-refractivity contribution in [2.24, 2.45) is 0 Å². The Balaban J connectivity index is 1.73. The summed E-state index contributed by atoms with van der Waals surface area (Å²) < 4.78 is 8.95. The zero-order chi connectivity index (χ0) is 14.1. The number of carbonyl (C=O) groups excluding carboxylic acids is 1. The van der Waals surface area contributed by atoms with Gasteiger partial charge in [-0.15, -0.1) is 0 Å². The number of rotatable bonds is 3. The molecule has 7 nitrogen and oxygen atoms in total. The van der Waals surface area contributed by atoms with Crippen LogP contribution in [0.15, 0.2) is 18.5 Å². The topological polar surface area (TPSA) is 74.0 Å². The summed E-state index contributed by atoms with van der Waals surface area (Å²) in [4.78, 5) is 12.1. The van der Waals surface area contributed by atoms with Crippen LogP contribution >= 0.6 is 0 Å². The lowest BCUT2D eigenvalue weighted by Gasteiger charge is -2.13. The van der Waals surface area contributed by atoms with Crippen LogP contribution in [0, 0.1) is 0 Å². The quantitative estimate of drug-likeness (QED) is 0.925. The third-order valence-corrected chi connectivity index (χ3v) is 3.13. The second-order valence-electron chi connectivity index (χ2n) is 5.05. The molecule has 106 valence electrons. The van der Waals surface area contributed by atoms with Crippen molar-refractivity contribution in [3.05, 3.63) is 24.2 Å². The summed E-state index contributed by atoms with van der Waals surface area (Å²) in [5.74, 6) is 0.401. The van der Waals surface area contributed by atoms with E-state index in [0.29, 0.717) is 23.9 Å². The lowest BCUT2D eigenvalue weighted by atomic mass is 10.3. The van der Waals surface area contributed by atoms with E-state index in [2.05, 4.69) is 15.5 Å². The van der Waals surface area contributed by atoms with Gasteiger partial charge in [-0.2, -0.15) is 10.2 Å². The second kappa shape index (κ2) is 4.99. The van der Waals surface area contributed by atoms with E-state index < -0.39 is 0 Å². The summed E-state index contributed by atoms with van der Waals surface area (Å²) in [7, 11) is 0. The van der Waals surface area contributed by atoms with Crippen molar-refractivity contribution in [3.8, 4) is 5.88 Å². The lowest BCUT2D eigenvalue weighted by Crippen LogP contribution is -2.16. The first-order chi connectivity index (χ1) is 9.63. The summed E-state index contributed by atoms with van der Waals surface area (Å²) in [5, 5.41) is 11.2. The van der Waals surface area contributed by atoms with Crippen LogP contribution in [0.2, 0.25) is 0 Å². The van der Waals surface area contributed by atoms with Gasteiger partial charge in [0.05, 0.1) is 18.5 Å². The number of aryl methyl sites for hydroxylation is 1. The maximum atomic E-state index is 12.1. The third kappa shape index (κ3) is 2.38. The number of carbonyl (C=O) groups is 1. The van der Waals surface area contributed by atoms with E-state index in [-0.39, 0.29) is 11.9 Å². The van der Waals surface area contributed by atoms with E-state index in [1.54, 1.807) is 27.8 Å². The van der Waals surface area contributed by atoms with Crippen LogP contribution in [0.3, 0.4) is 0 Å². The summed E-state index contributed by atoms with van der Waals surface area (Å²) in [6, 6.07) is 1.93. The Kier molecular flexibility index (Phi) is 3.17. The molecular formula is C13H17N5O2. The monoisotopic (exact) mass is 275 g/mol. The number of nitrogens with one attached hydrogen (secondary N) is 1. The summed E-state index contributed by atoms with van der Waals surface area (Å²) >= 11 is 0. The van der Waals surface area contributed by atoms with Crippen LogP contribution in [0.4, 0.5) is 5.69 Å². The lowest BCUT2D eigenvalue weighted by molar-refractivity contribution is 0.102. The standard InChI is InChI=1S/C13H17N5O2/c1-9(2)18-8-10(7-14-18)15-13(19)11-6-12-17(16-11)4-3-5-20-12/h6-9H,3-5H2,1-2H3,(H,15,19). The molecule has 2 aromatic rings. The Morgan fingerprint density at radius 2 is 2.35 bits per heavy atom. The normalized spacial score (nSPS) is 13.9. The minimum Gasteiger partial charge on any atom is -0.478 e. The van der Waals surface area contributed by atoms with Gasteiger partial charge in [0.15, 0.2) is 5.69 Å². The first-order valence-corrected chi connectivity index (χ1v) is 6.69. The molecule has 0 fully saturated rings. The highest BCUT2D eigenvalue weighted by Gasteiger charge is 2.18. The molecule has 1 N–H and O–H groups in total. The summed E-state index contributed by atoms with van der Waals surface area (Å²) in [6.07, 6.45) is 4.34. The molecule has 1 aliphatic heterocycles. The van der Waals surface area contributed by atoms with Gasteiger partial charge < -0.3 is 10.1 Å². The molecular weight excluding hydrogens is 258 g/mol. The highest BCUT2D eigenvalue weighted by Crippen LogP contribution is 2.19. The molecule has 0 atom stereocenters. The predicted molar refractivity (Wildman–Crippen MR) is 72.9 cm³/mol. The fraction of sp³-hybridized carbons (Fsp3) is 0.462. The Morgan fingerprint density at radius 3 is 3.05 bits per heavy atom. The molecule has 0 unspecified atom stereocenters. The average Bonchev–Trinajstić information content (AvgIpc) is 3.04. The van der Waals surface area contributed by atoms with Gasteiger partial charge in [0.25, 0.3) is 5.91 Å². The number of hydrogen-bond donors (Lipinski definition) is 1. The number of hydrogen-bond acceptors (Lipinski definition) is 4. The molecule has 3 heterocycles. The van der Waals surface area contributed by atoms with Crippen molar-refractivity contribution >= 4 is 11.6 Å². The molecule has 3 rings (SSSR count). The summed E-state index contributed by atoms with van der Waals surface area (Å²) in [5.41, 5.74) is 1.02. The molecule has 0 saturated carbocycles. The molecule has 1 amide bonds. The zero-order valence-corrected chi connectivity index (χ0v) is 11.5. The molecule has 0 spiro atoms. The van der Waals surface area contributed by atoms with Crippen LogP contribution in [-0.2, 0) is 6.54 Å². The third-order valence-electron chi connectivity index (χ3n) is 3.13. The Labute approximate surface area is 116 Å². The van der Waals surface area contributed by atoms with E-state index in [1.807, 2.05) is 13.8 Å². The van der Waals surface area contributed by atoms with Crippen LogP contribution < -0.4 is 10.1 Å². The fourth-order valence-electron chi connectivity index (χ4n) is 2.06. The second-order valence-corrected chi connectivity index (χ2v) is 5.05. The van der Waals surface area contributed by atoms with Gasteiger partial charge in [0, 0.05) is 31.3 Å². The zero-order valence-electron chi connectivity index (χ0n) is 11.5. The maximum Gasteiger partial charge on any atom is 0.276 e. The maximum absolute atomic E-state index is 12.1. The van der Waals surface area contributed by atoms with Crippen molar-refractivity contribution in [1.82, 2.24) is 19.6 Å². The highest BCUT2D eigenvalue weighted by atomic mass is 16.5. The number of fused-ring (bicyclic) bond motifs is 1. The molecule has 20 heavy (non-hydrogen) atoms. The van der Waals surface area contributed by atoms with Crippen LogP contribution in [0.25, 0.3) is 0 Å². The van der Waals surface area contributed by atoms with Gasteiger partial charge in [0.1, 0.15) is 0 Å². The molecule has 0 radical (unpaired) electrons. The van der Waals surface area contributed by atoms with Crippen molar-refractivity contribution in [3.63, 3.8) is 0 Å². The van der Waals surface area contributed by atoms with Crippen molar-refractivity contribution in [2.45, 2.75) is 32.9 Å². The predicted octanol–water partition coefficient (Wildman–Crippen LogP) is 1.70. The van der Waals surface area contributed by atoms with E-state index in [4.69, 9.17) is 4.74 Å². The highest BCUT2D eigenvalue weighted by molar-refractivity contribution is 6.02. The minimum absolute atomic E-state index is 0.251. The summed E-state index contributed by atoms with van der Waals surface area (Å²) in [6.45, 7) is 5.51. The molecule has 0 bridgehead atoms. The Bertz CT molecular complexity index is 605. The Morgan fingerprint density at radius 1 is 1.50 bits per heavy atom. The van der Waals surface area contributed by atoms with Crippen molar-refractivity contribution in [1.29, 1.82) is 0 Å². The van der Waals surface area contributed by atoms with E-state index in [9.17, 15) is 4.79 Å². The Hall–Kier alpha value is -2.31. The number of amides is 1. The van der Waals surface area contributed by atoms with Crippen LogP contribution in [-0.4, -0.2) is 32.1 Å². The van der Waals surface area contributed by atoms with Gasteiger partial charge in [-0.05, 0) is 13.8 Å². The SMILES string of the molecule is CC(C)n1cc(NC(=O)c2cc3n(n2)CCCO3)cn1. The van der Waals surface area contributed by atoms with Gasteiger partial charge in [0.2, 0.25) is 5.88 Å². The van der Waals surface area contributed by atoms with Crippen LogP contribution in [0.5, 0.6) is 5.88 Å².